The lowest BCUT2D eigenvalue weighted by molar-refractivity contribution is 0.0972. The summed E-state index contributed by atoms with van der Waals surface area (Å²) in [4.78, 5) is 11.4. The van der Waals surface area contributed by atoms with Crippen LogP contribution in [0.2, 0.25) is 0 Å². The molecular formula is C10H9BrO2. The van der Waals surface area contributed by atoms with E-state index in [0.717, 1.165) is 18.4 Å². The van der Waals surface area contributed by atoms with Gasteiger partial charge in [0.1, 0.15) is 5.75 Å². The molecule has 13 heavy (non-hydrogen) atoms. The average Bonchev–Trinajstić information content (AvgIpc) is 2.09. The number of hydrogen-bond donors (Lipinski definition) is 1. The summed E-state index contributed by atoms with van der Waals surface area (Å²) in [5, 5.41) is 9.39. The Bertz CT molecular complexity index is 371. The van der Waals surface area contributed by atoms with Crippen molar-refractivity contribution in [1.82, 2.24) is 0 Å². The molecule has 1 aliphatic carbocycles. The zero-order chi connectivity index (χ0) is 9.42. The van der Waals surface area contributed by atoms with Crippen LogP contribution in [-0.4, -0.2) is 10.9 Å². The summed E-state index contributed by atoms with van der Waals surface area (Å²) < 4.78 is 0.668. The number of hydrogen-bond acceptors (Lipinski definition) is 2. The molecule has 1 aromatic carbocycles. The molecule has 0 saturated carbocycles. The number of Topliss-reactive ketones (excluding diaryl/α,β-unsaturated/α-hetero) is 1. The van der Waals surface area contributed by atoms with Crippen LogP contribution in [0.1, 0.15) is 28.8 Å². The summed E-state index contributed by atoms with van der Waals surface area (Å²) in [5.41, 5.74) is 1.73. The Morgan fingerprint density at radius 1 is 1.31 bits per heavy atom. The smallest absolute Gasteiger partial charge is 0.163 e. The second-order valence-corrected chi connectivity index (χ2v) is 4.09. The zero-order valence-electron chi connectivity index (χ0n) is 7.01. The molecule has 3 heteroatoms. The number of phenolic OH excluding ortho intramolecular Hbond substituents is 1. The lowest BCUT2D eigenvalue weighted by Gasteiger charge is -2.15. The predicted molar refractivity (Wildman–Crippen MR) is 53.1 cm³/mol. The maximum Gasteiger partial charge on any atom is 0.163 e. The van der Waals surface area contributed by atoms with Crippen molar-refractivity contribution < 1.29 is 9.90 Å². The molecule has 68 valence electrons. The first kappa shape index (κ1) is 8.75. The minimum atomic E-state index is 0.143. The molecule has 0 radical (unpaired) electrons. The van der Waals surface area contributed by atoms with E-state index in [-0.39, 0.29) is 11.5 Å². The van der Waals surface area contributed by atoms with Crippen LogP contribution in [0.3, 0.4) is 0 Å². The zero-order valence-corrected chi connectivity index (χ0v) is 8.60. The number of rotatable bonds is 0. The summed E-state index contributed by atoms with van der Waals surface area (Å²) in [6.45, 7) is 0. The highest BCUT2D eigenvalue weighted by molar-refractivity contribution is 9.10. The first-order chi connectivity index (χ1) is 6.18. The lowest BCUT2D eigenvalue weighted by atomic mass is 9.91. The Morgan fingerprint density at radius 2 is 2.08 bits per heavy atom. The Kier molecular flexibility index (Phi) is 2.12. The van der Waals surface area contributed by atoms with Gasteiger partial charge in [-0.15, -0.1) is 0 Å². The molecule has 0 fully saturated rings. The fourth-order valence-electron chi connectivity index (χ4n) is 1.64. The van der Waals surface area contributed by atoms with Crippen molar-refractivity contribution in [2.24, 2.45) is 0 Å². The standard InChI is InChI=1S/C10H9BrO2/c11-8-4-6-2-1-3-9(12)7(6)5-10(8)13/h4-5,13H,1-3H2. The molecular weight excluding hydrogens is 232 g/mol. The molecule has 0 aromatic heterocycles. The number of aryl methyl sites for hydroxylation is 1. The van der Waals surface area contributed by atoms with E-state index in [9.17, 15) is 9.90 Å². The molecule has 0 saturated heterocycles. The van der Waals surface area contributed by atoms with Crippen molar-refractivity contribution in [3.05, 3.63) is 27.7 Å². The molecule has 0 atom stereocenters. The molecule has 0 amide bonds. The largest absolute Gasteiger partial charge is 0.507 e. The Morgan fingerprint density at radius 3 is 2.85 bits per heavy atom. The fourth-order valence-corrected chi connectivity index (χ4v) is 2.03. The number of carbonyl (C=O) groups excluding carboxylic acids is 1. The number of halogens is 1. The Hall–Kier alpha value is -0.830. The quantitative estimate of drug-likeness (QED) is 0.758. The van der Waals surface area contributed by atoms with Crippen LogP contribution >= 0.6 is 15.9 Å². The van der Waals surface area contributed by atoms with Crippen LogP contribution in [0.25, 0.3) is 0 Å². The van der Waals surface area contributed by atoms with Crippen LogP contribution in [0.4, 0.5) is 0 Å². The van der Waals surface area contributed by atoms with Gasteiger partial charge in [0.15, 0.2) is 5.78 Å². The second kappa shape index (κ2) is 3.14. The lowest BCUT2D eigenvalue weighted by Crippen LogP contribution is -2.10. The van der Waals surface area contributed by atoms with Gasteiger partial charge in [-0.25, -0.2) is 0 Å². The first-order valence-electron chi connectivity index (χ1n) is 4.23. The first-order valence-corrected chi connectivity index (χ1v) is 5.02. The minimum Gasteiger partial charge on any atom is -0.507 e. The topological polar surface area (TPSA) is 37.3 Å². The van der Waals surface area contributed by atoms with Crippen LogP contribution < -0.4 is 0 Å². The van der Waals surface area contributed by atoms with E-state index in [2.05, 4.69) is 15.9 Å². The van der Waals surface area contributed by atoms with Crippen molar-refractivity contribution in [3.63, 3.8) is 0 Å². The highest BCUT2D eigenvalue weighted by Gasteiger charge is 2.18. The van der Waals surface area contributed by atoms with Crippen LogP contribution in [-0.2, 0) is 6.42 Å². The van der Waals surface area contributed by atoms with E-state index in [1.165, 1.54) is 0 Å². The summed E-state index contributed by atoms with van der Waals surface area (Å²) in [6.07, 6.45) is 2.46. The fraction of sp³-hybridized carbons (Fsp3) is 0.300. The molecule has 0 bridgehead atoms. The number of benzene rings is 1. The summed E-state index contributed by atoms with van der Waals surface area (Å²) in [5.74, 6) is 0.290. The van der Waals surface area contributed by atoms with Gasteiger partial charge in [-0.3, -0.25) is 4.79 Å². The van der Waals surface area contributed by atoms with Gasteiger partial charge in [0, 0.05) is 12.0 Å². The van der Waals surface area contributed by atoms with Crippen molar-refractivity contribution in [2.75, 3.05) is 0 Å². The average molecular weight is 241 g/mol. The maximum absolute atomic E-state index is 11.4. The van der Waals surface area contributed by atoms with E-state index in [1.807, 2.05) is 6.07 Å². The highest BCUT2D eigenvalue weighted by Crippen LogP contribution is 2.31. The second-order valence-electron chi connectivity index (χ2n) is 3.24. The molecule has 1 aliphatic rings. The van der Waals surface area contributed by atoms with Crippen molar-refractivity contribution in [1.29, 1.82) is 0 Å². The predicted octanol–water partition coefficient (Wildman–Crippen LogP) is 2.67. The summed E-state index contributed by atoms with van der Waals surface area (Å²) in [7, 11) is 0. The summed E-state index contributed by atoms with van der Waals surface area (Å²) >= 11 is 3.23. The Labute approximate surface area is 84.7 Å². The molecule has 2 rings (SSSR count). The van der Waals surface area contributed by atoms with Crippen molar-refractivity contribution in [2.45, 2.75) is 19.3 Å². The molecule has 0 unspecified atom stereocenters. The molecule has 1 aromatic rings. The number of ketones is 1. The molecule has 2 nitrogen and oxygen atoms in total. The van der Waals surface area contributed by atoms with Crippen LogP contribution in [0.5, 0.6) is 5.75 Å². The van der Waals surface area contributed by atoms with Gasteiger partial charge in [0.25, 0.3) is 0 Å². The van der Waals surface area contributed by atoms with Gasteiger partial charge in [-0.1, -0.05) is 0 Å². The number of carbonyl (C=O) groups is 1. The maximum atomic E-state index is 11.4. The highest BCUT2D eigenvalue weighted by atomic mass is 79.9. The third-order valence-corrected chi connectivity index (χ3v) is 2.96. The van der Waals surface area contributed by atoms with Crippen molar-refractivity contribution in [3.8, 4) is 5.75 Å². The van der Waals surface area contributed by atoms with E-state index in [1.54, 1.807) is 6.07 Å². The van der Waals surface area contributed by atoms with Gasteiger partial charge in [-0.05, 0) is 46.5 Å². The number of aromatic hydroxyl groups is 1. The number of phenols is 1. The van der Waals surface area contributed by atoms with E-state index < -0.39 is 0 Å². The van der Waals surface area contributed by atoms with Crippen LogP contribution in [0.15, 0.2) is 16.6 Å². The third kappa shape index (κ3) is 1.48. The molecule has 0 spiro atoms. The van der Waals surface area contributed by atoms with Gasteiger partial charge >= 0.3 is 0 Å². The minimum absolute atomic E-state index is 0.143. The van der Waals surface area contributed by atoms with Gasteiger partial charge in [0.2, 0.25) is 0 Å². The van der Waals surface area contributed by atoms with Gasteiger partial charge in [-0.2, -0.15) is 0 Å². The van der Waals surface area contributed by atoms with Crippen LogP contribution in [0, 0.1) is 0 Å². The monoisotopic (exact) mass is 240 g/mol. The SMILES string of the molecule is O=C1CCCc2cc(Br)c(O)cc21. The van der Waals surface area contributed by atoms with Crippen molar-refractivity contribution >= 4 is 21.7 Å². The third-order valence-electron chi connectivity index (χ3n) is 2.32. The normalized spacial score (nSPS) is 15.6. The van der Waals surface area contributed by atoms with E-state index in [4.69, 9.17) is 0 Å². The Balaban J connectivity index is 2.58. The molecule has 0 heterocycles. The molecule has 1 N–H and O–H groups in total. The summed E-state index contributed by atoms with van der Waals surface area (Å²) in [6, 6.07) is 3.39. The number of fused-ring (bicyclic) bond motifs is 1. The van der Waals surface area contributed by atoms with Gasteiger partial charge < -0.3 is 5.11 Å². The molecule has 0 aliphatic heterocycles. The van der Waals surface area contributed by atoms with Gasteiger partial charge in [0.05, 0.1) is 4.47 Å². The van der Waals surface area contributed by atoms with E-state index >= 15 is 0 Å². The van der Waals surface area contributed by atoms with E-state index in [0.29, 0.717) is 16.5 Å².